The zero-order valence-electron chi connectivity index (χ0n) is 14.3. The molecular formula is C17H19N3O5S. The highest BCUT2D eigenvalue weighted by molar-refractivity contribution is 7.89. The van der Waals surface area contributed by atoms with E-state index in [-0.39, 0.29) is 11.5 Å². The summed E-state index contributed by atoms with van der Waals surface area (Å²) in [4.78, 5) is 13.0. The van der Waals surface area contributed by atoms with E-state index < -0.39 is 15.9 Å². The van der Waals surface area contributed by atoms with E-state index in [0.717, 1.165) is 5.56 Å². The molecule has 0 unspecified atom stereocenters. The SMILES string of the molecule is COc1cc(/C=N/NS(=O)(=O)c2ccc(C)cc2)ccc1OCC(N)=O. The lowest BCUT2D eigenvalue weighted by Crippen LogP contribution is -2.20. The number of hydrogen-bond acceptors (Lipinski definition) is 6. The van der Waals surface area contributed by atoms with E-state index in [1.54, 1.807) is 30.3 Å². The second kappa shape index (κ2) is 8.34. The van der Waals surface area contributed by atoms with Gasteiger partial charge in [-0.1, -0.05) is 17.7 Å². The van der Waals surface area contributed by atoms with Gasteiger partial charge in [-0.15, -0.1) is 0 Å². The van der Waals surface area contributed by atoms with Crippen LogP contribution in [0.5, 0.6) is 11.5 Å². The van der Waals surface area contributed by atoms with E-state index in [0.29, 0.717) is 17.1 Å². The molecule has 0 saturated carbocycles. The molecule has 1 amide bonds. The Morgan fingerprint density at radius 2 is 1.88 bits per heavy atom. The number of carbonyl (C=O) groups excluding carboxylic acids is 1. The molecule has 0 spiro atoms. The molecule has 2 aromatic rings. The number of hydrazone groups is 1. The number of sulfonamides is 1. The van der Waals surface area contributed by atoms with Gasteiger partial charge in [0.15, 0.2) is 18.1 Å². The molecule has 0 heterocycles. The highest BCUT2D eigenvalue weighted by atomic mass is 32.2. The van der Waals surface area contributed by atoms with Gasteiger partial charge in [-0.05, 0) is 42.8 Å². The lowest BCUT2D eigenvalue weighted by atomic mass is 10.2. The summed E-state index contributed by atoms with van der Waals surface area (Å²) in [5.41, 5.74) is 6.56. The normalized spacial score (nSPS) is 11.3. The van der Waals surface area contributed by atoms with Crippen LogP contribution in [0.1, 0.15) is 11.1 Å². The molecule has 0 aromatic heterocycles. The van der Waals surface area contributed by atoms with Gasteiger partial charge in [-0.25, -0.2) is 4.83 Å². The summed E-state index contributed by atoms with van der Waals surface area (Å²) in [6.07, 6.45) is 1.33. The van der Waals surface area contributed by atoms with Gasteiger partial charge >= 0.3 is 0 Å². The molecule has 0 fully saturated rings. The van der Waals surface area contributed by atoms with Gasteiger partial charge in [0.1, 0.15) is 0 Å². The smallest absolute Gasteiger partial charge is 0.276 e. The Morgan fingerprint density at radius 1 is 1.19 bits per heavy atom. The van der Waals surface area contributed by atoms with Gasteiger partial charge in [-0.3, -0.25) is 4.79 Å². The number of nitrogens with one attached hydrogen (secondary N) is 1. The van der Waals surface area contributed by atoms with E-state index in [2.05, 4.69) is 9.93 Å². The summed E-state index contributed by atoms with van der Waals surface area (Å²) < 4.78 is 34.7. The second-order valence-corrected chi connectivity index (χ2v) is 6.99. The molecule has 3 N–H and O–H groups in total. The minimum atomic E-state index is -3.74. The predicted octanol–water partition coefficient (Wildman–Crippen LogP) is 1.18. The quantitative estimate of drug-likeness (QED) is 0.529. The molecule has 0 radical (unpaired) electrons. The van der Waals surface area contributed by atoms with Gasteiger partial charge in [-0.2, -0.15) is 13.5 Å². The Balaban J connectivity index is 2.10. The van der Waals surface area contributed by atoms with Gasteiger partial charge < -0.3 is 15.2 Å². The molecule has 26 heavy (non-hydrogen) atoms. The van der Waals surface area contributed by atoms with Crippen LogP contribution in [0.25, 0.3) is 0 Å². The van der Waals surface area contributed by atoms with E-state index in [1.165, 1.54) is 25.5 Å². The Bertz CT molecular complexity index is 908. The van der Waals surface area contributed by atoms with Crippen molar-refractivity contribution in [3.05, 3.63) is 53.6 Å². The van der Waals surface area contributed by atoms with Crippen LogP contribution in [-0.2, 0) is 14.8 Å². The third-order valence-electron chi connectivity index (χ3n) is 3.28. The van der Waals surface area contributed by atoms with Crippen molar-refractivity contribution in [2.45, 2.75) is 11.8 Å². The Labute approximate surface area is 151 Å². The minimum Gasteiger partial charge on any atom is -0.493 e. The van der Waals surface area contributed by atoms with Crippen molar-refractivity contribution in [1.29, 1.82) is 0 Å². The molecule has 0 atom stereocenters. The largest absolute Gasteiger partial charge is 0.493 e. The lowest BCUT2D eigenvalue weighted by molar-refractivity contribution is -0.119. The molecule has 138 valence electrons. The number of nitrogens with two attached hydrogens (primary N) is 1. The van der Waals surface area contributed by atoms with Gasteiger partial charge in [0.25, 0.3) is 15.9 Å². The van der Waals surface area contributed by atoms with Crippen LogP contribution >= 0.6 is 0 Å². The van der Waals surface area contributed by atoms with E-state index in [1.807, 2.05) is 6.92 Å². The summed E-state index contributed by atoms with van der Waals surface area (Å²) in [7, 11) is -2.31. The fourth-order valence-electron chi connectivity index (χ4n) is 1.97. The number of rotatable bonds is 8. The average Bonchev–Trinajstić information content (AvgIpc) is 2.60. The highest BCUT2D eigenvalue weighted by Crippen LogP contribution is 2.27. The van der Waals surface area contributed by atoms with Gasteiger partial charge in [0, 0.05) is 0 Å². The summed E-state index contributed by atoms with van der Waals surface area (Å²) in [6.45, 7) is 1.59. The number of benzene rings is 2. The van der Waals surface area contributed by atoms with Crippen molar-refractivity contribution in [3.63, 3.8) is 0 Å². The van der Waals surface area contributed by atoms with E-state index >= 15 is 0 Å². The summed E-state index contributed by atoms with van der Waals surface area (Å²) in [6, 6.07) is 11.2. The predicted molar refractivity (Wildman–Crippen MR) is 96.8 cm³/mol. The van der Waals surface area contributed by atoms with Gasteiger partial charge in [0.2, 0.25) is 0 Å². The molecule has 0 aliphatic heterocycles. The second-order valence-electron chi connectivity index (χ2n) is 5.33. The Hall–Kier alpha value is -3.07. The number of methoxy groups -OCH3 is 1. The molecule has 2 rings (SSSR count). The van der Waals surface area contributed by atoms with Crippen molar-refractivity contribution < 1.29 is 22.7 Å². The molecule has 0 bridgehead atoms. The maximum absolute atomic E-state index is 12.1. The number of primary amides is 1. The van der Waals surface area contributed by atoms with Crippen molar-refractivity contribution in [1.82, 2.24) is 4.83 Å². The number of nitrogens with zero attached hydrogens (tertiary/aromatic N) is 1. The number of aryl methyl sites for hydroxylation is 1. The number of ether oxygens (including phenoxy) is 2. The van der Waals surface area contributed by atoms with Crippen LogP contribution in [0.4, 0.5) is 0 Å². The summed E-state index contributed by atoms with van der Waals surface area (Å²) in [5, 5.41) is 3.76. The minimum absolute atomic E-state index is 0.119. The first kappa shape index (κ1) is 19.3. The van der Waals surface area contributed by atoms with Crippen molar-refractivity contribution >= 4 is 22.1 Å². The molecule has 0 saturated heterocycles. The number of amides is 1. The topological polar surface area (TPSA) is 120 Å². The van der Waals surface area contributed by atoms with Gasteiger partial charge in [0.05, 0.1) is 18.2 Å². The van der Waals surface area contributed by atoms with Crippen molar-refractivity contribution in [2.24, 2.45) is 10.8 Å². The first-order valence-corrected chi connectivity index (χ1v) is 9.01. The average molecular weight is 377 g/mol. The molecule has 8 nitrogen and oxygen atoms in total. The molecule has 9 heteroatoms. The first-order chi connectivity index (χ1) is 12.3. The third-order valence-corrected chi connectivity index (χ3v) is 4.51. The van der Waals surface area contributed by atoms with Crippen LogP contribution in [0.2, 0.25) is 0 Å². The third kappa shape index (κ3) is 5.21. The van der Waals surface area contributed by atoms with Crippen LogP contribution in [0.15, 0.2) is 52.5 Å². The molecule has 0 aliphatic rings. The fourth-order valence-corrected chi connectivity index (χ4v) is 2.76. The first-order valence-electron chi connectivity index (χ1n) is 7.52. The maximum Gasteiger partial charge on any atom is 0.276 e. The zero-order chi connectivity index (χ0) is 19.2. The Morgan fingerprint density at radius 3 is 2.50 bits per heavy atom. The van der Waals surface area contributed by atoms with Crippen LogP contribution in [0.3, 0.4) is 0 Å². The standard InChI is InChI=1S/C17H19N3O5S/c1-12-3-6-14(7-4-12)26(22,23)20-19-10-13-5-8-15(16(9-13)24-2)25-11-17(18)21/h3-10,20H,11H2,1-2H3,(H2,18,21)/b19-10+. The fraction of sp³-hybridized carbons (Fsp3) is 0.176. The number of hydrogen-bond donors (Lipinski definition) is 2. The van der Waals surface area contributed by atoms with Crippen molar-refractivity contribution in [3.8, 4) is 11.5 Å². The van der Waals surface area contributed by atoms with Crippen LogP contribution < -0.4 is 20.0 Å². The summed E-state index contributed by atoms with van der Waals surface area (Å²) in [5.74, 6) is 0.0866. The Kier molecular flexibility index (Phi) is 6.18. The molecular weight excluding hydrogens is 358 g/mol. The van der Waals surface area contributed by atoms with Crippen molar-refractivity contribution in [2.75, 3.05) is 13.7 Å². The molecule has 2 aromatic carbocycles. The maximum atomic E-state index is 12.1. The highest BCUT2D eigenvalue weighted by Gasteiger charge is 2.12. The zero-order valence-corrected chi connectivity index (χ0v) is 15.1. The monoisotopic (exact) mass is 377 g/mol. The van der Waals surface area contributed by atoms with Crippen LogP contribution in [-0.4, -0.2) is 34.3 Å². The molecule has 0 aliphatic carbocycles. The number of carbonyl (C=O) groups is 1. The van der Waals surface area contributed by atoms with E-state index in [9.17, 15) is 13.2 Å². The summed E-state index contributed by atoms with van der Waals surface area (Å²) >= 11 is 0. The lowest BCUT2D eigenvalue weighted by Gasteiger charge is -2.09. The van der Waals surface area contributed by atoms with E-state index in [4.69, 9.17) is 15.2 Å². The van der Waals surface area contributed by atoms with Crippen LogP contribution in [0, 0.1) is 6.92 Å².